The van der Waals surface area contributed by atoms with Crippen LogP contribution in [0, 0.1) is 21.4 Å². The van der Waals surface area contributed by atoms with Crippen molar-refractivity contribution in [3.63, 3.8) is 0 Å². The van der Waals surface area contributed by atoms with Crippen molar-refractivity contribution in [1.29, 1.82) is 5.26 Å². The Morgan fingerprint density at radius 1 is 1.19 bits per heavy atom. The number of nitro groups is 1. The number of rotatable bonds is 7. The van der Waals surface area contributed by atoms with Crippen LogP contribution < -0.4 is 10.1 Å². The number of piperazine rings is 1. The monoisotopic (exact) mass is 459 g/mol. The third kappa shape index (κ3) is 4.96. The van der Waals surface area contributed by atoms with Crippen molar-refractivity contribution >= 4 is 27.3 Å². The Kier molecular flexibility index (Phi) is 6.92. The topological polar surface area (TPSA) is 146 Å². The molecular weight excluding hydrogens is 438 g/mol. The first kappa shape index (κ1) is 23.0. The van der Waals surface area contributed by atoms with Crippen molar-refractivity contribution in [1.82, 2.24) is 9.21 Å². The fourth-order valence-electron chi connectivity index (χ4n) is 3.25. The fourth-order valence-corrected chi connectivity index (χ4v) is 4.69. The van der Waals surface area contributed by atoms with E-state index in [1.807, 2.05) is 6.07 Å². The summed E-state index contributed by atoms with van der Waals surface area (Å²) in [6.45, 7) is 0.579. The van der Waals surface area contributed by atoms with E-state index in [4.69, 9.17) is 10.00 Å². The van der Waals surface area contributed by atoms with Gasteiger partial charge in [0.2, 0.25) is 15.9 Å². The summed E-state index contributed by atoms with van der Waals surface area (Å²) in [5, 5.41) is 23.0. The molecule has 32 heavy (non-hydrogen) atoms. The van der Waals surface area contributed by atoms with Gasteiger partial charge in [-0.2, -0.15) is 9.57 Å². The Morgan fingerprint density at radius 2 is 1.84 bits per heavy atom. The first-order valence-electron chi connectivity index (χ1n) is 9.60. The molecule has 168 valence electrons. The van der Waals surface area contributed by atoms with Crippen molar-refractivity contribution < 1.29 is 22.9 Å². The van der Waals surface area contributed by atoms with Gasteiger partial charge in [0.15, 0.2) is 5.75 Å². The van der Waals surface area contributed by atoms with Gasteiger partial charge >= 0.3 is 5.69 Å². The van der Waals surface area contributed by atoms with Crippen LogP contribution in [0.25, 0.3) is 0 Å². The molecule has 0 radical (unpaired) electrons. The number of hydrogen-bond acceptors (Lipinski definition) is 8. The summed E-state index contributed by atoms with van der Waals surface area (Å²) in [6.07, 6.45) is 0. The molecule has 1 fully saturated rings. The summed E-state index contributed by atoms with van der Waals surface area (Å²) < 4.78 is 32.0. The number of ether oxygens (including phenoxy) is 1. The van der Waals surface area contributed by atoms with E-state index >= 15 is 0 Å². The Bertz CT molecular complexity index is 1150. The van der Waals surface area contributed by atoms with E-state index in [1.165, 1.54) is 23.5 Å². The van der Waals surface area contributed by atoms with Crippen LogP contribution in [0.1, 0.15) is 5.56 Å². The molecule has 1 heterocycles. The highest BCUT2D eigenvalue weighted by Crippen LogP contribution is 2.30. The summed E-state index contributed by atoms with van der Waals surface area (Å²) >= 11 is 0. The Morgan fingerprint density at radius 3 is 2.41 bits per heavy atom. The van der Waals surface area contributed by atoms with Crippen LogP contribution in [-0.2, 0) is 14.8 Å². The predicted molar refractivity (Wildman–Crippen MR) is 115 cm³/mol. The molecule has 1 amide bonds. The predicted octanol–water partition coefficient (Wildman–Crippen LogP) is 1.42. The zero-order valence-corrected chi connectivity index (χ0v) is 18.0. The fraction of sp³-hybridized carbons (Fsp3) is 0.300. The highest BCUT2D eigenvalue weighted by molar-refractivity contribution is 7.89. The molecule has 1 N–H and O–H groups in total. The van der Waals surface area contributed by atoms with Gasteiger partial charge in [0.1, 0.15) is 0 Å². The largest absolute Gasteiger partial charge is 0.490 e. The van der Waals surface area contributed by atoms with Gasteiger partial charge in [-0.05, 0) is 36.4 Å². The van der Waals surface area contributed by atoms with Crippen LogP contribution in [0.2, 0.25) is 0 Å². The third-order valence-corrected chi connectivity index (χ3v) is 6.93. The first-order chi connectivity index (χ1) is 15.3. The van der Waals surface area contributed by atoms with Gasteiger partial charge in [-0.1, -0.05) is 0 Å². The van der Waals surface area contributed by atoms with Crippen LogP contribution in [0.15, 0.2) is 47.4 Å². The summed E-state index contributed by atoms with van der Waals surface area (Å²) in [5.74, 6) is -0.217. The number of nitriles is 1. The second-order valence-corrected chi connectivity index (χ2v) is 8.86. The van der Waals surface area contributed by atoms with Crippen LogP contribution in [0.4, 0.5) is 11.4 Å². The lowest BCUT2D eigenvalue weighted by atomic mass is 10.2. The molecule has 1 aliphatic rings. The number of nitrogens with zero attached hydrogens (tertiary/aromatic N) is 4. The maximum absolute atomic E-state index is 12.9. The average Bonchev–Trinajstić information content (AvgIpc) is 2.82. The zero-order chi connectivity index (χ0) is 23.3. The Labute approximate surface area is 185 Å². The quantitative estimate of drug-likeness (QED) is 0.483. The summed E-state index contributed by atoms with van der Waals surface area (Å²) in [5.41, 5.74) is 0.775. The number of methoxy groups -OCH3 is 1. The van der Waals surface area contributed by atoms with Crippen molar-refractivity contribution in [2.75, 3.05) is 45.2 Å². The van der Waals surface area contributed by atoms with E-state index in [0.717, 1.165) is 6.07 Å². The molecule has 0 spiro atoms. The number of nitrogens with one attached hydrogen (secondary N) is 1. The van der Waals surface area contributed by atoms with Gasteiger partial charge in [0, 0.05) is 37.9 Å². The van der Waals surface area contributed by atoms with Crippen LogP contribution in [0.5, 0.6) is 5.75 Å². The van der Waals surface area contributed by atoms with Gasteiger partial charge in [0.25, 0.3) is 0 Å². The molecule has 2 aromatic carbocycles. The number of hydrogen-bond donors (Lipinski definition) is 1. The van der Waals surface area contributed by atoms with E-state index < -0.39 is 20.6 Å². The molecule has 1 saturated heterocycles. The highest BCUT2D eigenvalue weighted by Gasteiger charge is 2.31. The van der Waals surface area contributed by atoms with Crippen molar-refractivity contribution in [3.8, 4) is 11.8 Å². The number of anilines is 1. The van der Waals surface area contributed by atoms with Gasteiger partial charge < -0.3 is 15.0 Å². The number of sulfonamides is 1. The minimum absolute atomic E-state index is 0.0286. The van der Waals surface area contributed by atoms with E-state index in [0.29, 0.717) is 11.3 Å². The SMILES string of the molecule is COc1ccc(S(=O)(=O)N2CCN(C(=O)CNc3ccc(C#N)cc3)CC2)cc1[N+](=O)[O-]. The smallest absolute Gasteiger partial charge is 0.312 e. The molecule has 0 aliphatic carbocycles. The van der Waals surface area contributed by atoms with Crippen LogP contribution in [0.3, 0.4) is 0 Å². The number of carbonyl (C=O) groups excluding carboxylic acids is 1. The first-order valence-corrected chi connectivity index (χ1v) is 11.0. The Hall–Kier alpha value is -3.69. The minimum atomic E-state index is -3.96. The van der Waals surface area contributed by atoms with Gasteiger partial charge in [-0.3, -0.25) is 14.9 Å². The molecule has 12 heteroatoms. The minimum Gasteiger partial charge on any atom is -0.490 e. The maximum atomic E-state index is 12.9. The van der Waals surface area contributed by atoms with E-state index in [2.05, 4.69) is 5.32 Å². The number of benzene rings is 2. The summed E-state index contributed by atoms with van der Waals surface area (Å²) in [6, 6.07) is 12.2. The Balaban J connectivity index is 1.60. The molecule has 0 bridgehead atoms. The third-order valence-electron chi connectivity index (χ3n) is 5.03. The molecule has 1 aliphatic heterocycles. The van der Waals surface area contributed by atoms with Gasteiger partial charge in [-0.25, -0.2) is 8.42 Å². The van der Waals surface area contributed by atoms with Crippen molar-refractivity contribution in [2.24, 2.45) is 0 Å². The summed E-state index contributed by atoms with van der Waals surface area (Å²) in [4.78, 5) is 24.3. The van der Waals surface area contributed by atoms with Gasteiger partial charge in [-0.15, -0.1) is 0 Å². The molecule has 0 unspecified atom stereocenters. The molecule has 0 aromatic heterocycles. The lowest BCUT2D eigenvalue weighted by Gasteiger charge is -2.34. The molecule has 3 rings (SSSR count). The van der Waals surface area contributed by atoms with Crippen molar-refractivity contribution in [2.45, 2.75) is 4.90 Å². The van der Waals surface area contributed by atoms with Crippen molar-refractivity contribution in [3.05, 3.63) is 58.1 Å². The van der Waals surface area contributed by atoms with E-state index in [-0.39, 0.29) is 49.3 Å². The molecular formula is C20H21N5O6S. The van der Waals surface area contributed by atoms with Crippen LogP contribution >= 0.6 is 0 Å². The van der Waals surface area contributed by atoms with Crippen LogP contribution in [-0.4, -0.2) is 68.3 Å². The second kappa shape index (κ2) is 9.63. The molecule has 2 aromatic rings. The highest BCUT2D eigenvalue weighted by atomic mass is 32.2. The second-order valence-electron chi connectivity index (χ2n) is 6.92. The normalized spacial score (nSPS) is 14.4. The summed E-state index contributed by atoms with van der Waals surface area (Å²) in [7, 11) is -2.69. The van der Waals surface area contributed by atoms with E-state index in [9.17, 15) is 23.3 Å². The maximum Gasteiger partial charge on any atom is 0.312 e. The zero-order valence-electron chi connectivity index (χ0n) is 17.2. The standard InChI is InChI=1S/C20H21N5O6S/c1-31-19-7-6-17(12-18(19)25(27)28)32(29,30)24-10-8-23(9-11-24)20(26)14-22-16-4-2-15(13-21)3-5-16/h2-7,12,22H,8-11,14H2,1H3. The number of carbonyl (C=O) groups is 1. The average molecular weight is 459 g/mol. The molecule has 11 nitrogen and oxygen atoms in total. The van der Waals surface area contributed by atoms with Gasteiger partial charge in [0.05, 0.1) is 35.1 Å². The molecule has 0 saturated carbocycles. The number of nitro benzene ring substituents is 1. The lowest BCUT2D eigenvalue weighted by molar-refractivity contribution is -0.386. The lowest BCUT2D eigenvalue weighted by Crippen LogP contribution is -2.51. The molecule has 0 atom stereocenters. The van der Waals surface area contributed by atoms with E-state index in [1.54, 1.807) is 29.2 Å². The number of amides is 1.